The van der Waals surface area contributed by atoms with Crippen LogP contribution in [0.1, 0.15) is 28.4 Å². The quantitative estimate of drug-likeness (QED) is 0.455. The lowest BCUT2D eigenvalue weighted by molar-refractivity contribution is -0.148. The van der Waals surface area contributed by atoms with Crippen LogP contribution < -0.4 is 9.47 Å². The Labute approximate surface area is 193 Å². The number of imide groups is 1. The third-order valence-corrected chi connectivity index (χ3v) is 5.72. The minimum atomic E-state index is -1.02. The fourth-order valence-electron chi connectivity index (χ4n) is 3.04. The van der Waals surface area contributed by atoms with Crippen LogP contribution in [0.3, 0.4) is 0 Å². The predicted octanol–water partition coefficient (Wildman–Crippen LogP) is 3.57. The van der Waals surface area contributed by atoms with Gasteiger partial charge in [0.25, 0.3) is 11.1 Å². The van der Waals surface area contributed by atoms with E-state index in [1.165, 1.54) is 39.4 Å². The Balaban J connectivity index is 1.74. The number of nitrogens with zero attached hydrogens (tertiary/aromatic N) is 1. The van der Waals surface area contributed by atoms with E-state index in [9.17, 15) is 19.2 Å². The molecule has 0 aromatic heterocycles. The van der Waals surface area contributed by atoms with Crippen LogP contribution in [-0.2, 0) is 20.9 Å². The highest BCUT2D eigenvalue weighted by Gasteiger charge is 2.41. The Kier molecular flexibility index (Phi) is 7.39. The molecule has 0 bridgehead atoms. The molecule has 9 nitrogen and oxygen atoms in total. The van der Waals surface area contributed by atoms with E-state index in [-0.39, 0.29) is 17.1 Å². The number of hydrogen-bond donors (Lipinski definition) is 1. The first-order valence-electron chi connectivity index (χ1n) is 9.73. The van der Waals surface area contributed by atoms with Gasteiger partial charge in [0.2, 0.25) is 0 Å². The average Bonchev–Trinajstić information content (AvgIpc) is 3.09. The normalized spacial score (nSPS) is 15.5. The number of thioether (sulfide) groups is 1. The van der Waals surface area contributed by atoms with Gasteiger partial charge in [-0.2, -0.15) is 0 Å². The summed E-state index contributed by atoms with van der Waals surface area (Å²) in [5.41, 5.74) is 1.56. The highest BCUT2D eigenvalue weighted by atomic mass is 32.2. The molecule has 1 unspecified atom stereocenters. The summed E-state index contributed by atoms with van der Waals surface area (Å²) in [7, 11) is 2.66. The second-order valence-electron chi connectivity index (χ2n) is 6.95. The molecule has 3 rings (SSSR count). The molecule has 0 aliphatic carbocycles. The number of amides is 2. The molecule has 0 spiro atoms. The van der Waals surface area contributed by atoms with Crippen LogP contribution in [0.2, 0.25) is 0 Å². The van der Waals surface area contributed by atoms with Crippen LogP contribution in [-0.4, -0.2) is 53.4 Å². The van der Waals surface area contributed by atoms with E-state index in [0.717, 1.165) is 22.2 Å². The zero-order valence-electron chi connectivity index (χ0n) is 18.1. The topological polar surface area (TPSA) is 119 Å². The summed E-state index contributed by atoms with van der Waals surface area (Å²) in [4.78, 5) is 48.6. The van der Waals surface area contributed by atoms with E-state index in [0.29, 0.717) is 17.1 Å². The van der Waals surface area contributed by atoms with Gasteiger partial charge < -0.3 is 19.3 Å². The Morgan fingerprint density at radius 3 is 2.39 bits per heavy atom. The van der Waals surface area contributed by atoms with Gasteiger partial charge in [0, 0.05) is 0 Å². The zero-order chi connectivity index (χ0) is 24.1. The summed E-state index contributed by atoms with van der Waals surface area (Å²) >= 11 is 0.738. The highest BCUT2D eigenvalue weighted by molar-refractivity contribution is 8.18. The summed E-state index contributed by atoms with van der Waals surface area (Å²) < 4.78 is 15.8. The molecule has 1 aliphatic rings. The van der Waals surface area contributed by atoms with Crippen LogP contribution in [0.15, 0.2) is 47.4 Å². The maximum Gasteiger partial charge on any atom is 0.335 e. The summed E-state index contributed by atoms with van der Waals surface area (Å²) in [6, 6.07) is 10.3. The van der Waals surface area contributed by atoms with E-state index in [4.69, 9.17) is 14.6 Å². The lowest BCUT2D eigenvalue weighted by Gasteiger charge is -2.18. The Hall–Kier alpha value is -3.79. The molecule has 1 heterocycles. The standard InChI is InChI=1S/C23H21NO8S/c1-13(22(28)31-3)24-20(25)19(33-23(24)29)11-15-6-9-17(18(10-15)30-2)32-12-14-4-7-16(8-5-14)21(26)27/h4-11,13H,12H2,1-3H3,(H,26,27). The van der Waals surface area contributed by atoms with Gasteiger partial charge in [0.1, 0.15) is 12.6 Å². The number of ether oxygens (including phenoxy) is 3. The summed E-state index contributed by atoms with van der Waals surface area (Å²) in [5.74, 6) is -1.40. The van der Waals surface area contributed by atoms with Crippen molar-refractivity contribution in [3.05, 3.63) is 64.1 Å². The SMILES string of the molecule is COC(=O)C(C)N1C(=O)SC(=Cc2ccc(OCc3ccc(C(=O)O)cc3)c(OC)c2)C1=O. The van der Waals surface area contributed by atoms with Gasteiger partial charge in [-0.15, -0.1) is 0 Å². The number of methoxy groups -OCH3 is 2. The molecule has 2 aromatic carbocycles. The highest BCUT2D eigenvalue weighted by Crippen LogP contribution is 2.35. The molecular formula is C23H21NO8S. The maximum atomic E-state index is 12.6. The molecule has 33 heavy (non-hydrogen) atoms. The molecule has 1 aliphatic heterocycles. The molecule has 1 fully saturated rings. The second-order valence-corrected chi connectivity index (χ2v) is 7.95. The molecule has 172 valence electrons. The van der Waals surface area contributed by atoms with Gasteiger partial charge in [0.15, 0.2) is 11.5 Å². The second kappa shape index (κ2) is 10.2. The number of rotatable bonds is 8. The van der Waals surface area contributed by atoms with Gasteiger partial charge in [-0.3, -0.25) is 14.5 Å². The molecule has 1 saturated heterocycles. The van der Waals surface area contributed by atoms with Crippen molar-refractivity contribution < 1.29 is 38.5 Å². The van der Waals surface area contributed by atoms with Crippen molar-refractivity contribution in [2.75, 3.05) is 14.2 Å². The van der Waals surface area contributed by atoms with Crippen LogP contribution in [0.5, 0.6) is 11.5 Å². The molecular weight excluding hydrogens is 450 g/mol. The van der Waals surface area contributed by atoms with Crippen molar-refractivity contribution in [3.63, 3.8) is 0 Å². The maximum absolute atomic E-state index is 12.6. The number of aromatic carboxylic acids is 1. The molecule has 0 radical (unpaired) electrons. The van der Waals surface area contributed by atoms with Crippen molar-refractivity contribution in [1.29, 1.82) is 0 Å². The third-order valence-electron chi connectivity index (χ3n) is 4.83. The van der Waals surface area contributed by atoms with Crippen molar-refractivity contribution >= 4 is 40.9 Å². The number of carbonyl (C=O) groups is 4. The first kappa shape index (κ1) is 23.9. The Bertz CT molecular complexity index is 1130. The number of carboxylic acids is 1. The number of hydrogen-bond acceptors (Lipinski definition) is 8. The fourth-order valence-corrected chi connectivity index (χ4v) is 3.95. The Morgan fingerprint density at radius 1 is 1.09 bits per heavy atom. The summed E-state index contributed by atoms with van der Waals surface area (Å²) in [6.45, 7) is 1.62. The van der Waals surface area contributed by atoms with E-state index in [1.807, 2.05) is 0 Å². The average molecular weight is 471 g/mol. The molecule has 2 aromatic rings. The number of carbonyl (C=O) groups excluding carboxylic acids is 3. The molecule has 0 saturated carbocycles. The van der Waals surface area contributed by atoms with Crippen LogP contribution >= 0.6 is 11.8 Å². The number of carboxylic acid groups (broad SMARTS) is 1. The smallest absolute Gasteiger partial charge is 0.335 e. The van der Waals surface area contributed by atoms with Gasteiger partial charge in [0.05, 0.1) is 24.7 Å². The molecule has 1 N–H and O–H groups in total. The first-order chi connectivity index (χ1) is 15.7. The van der Waals surface area contributed by atoms with E-state index < -0.39 is 29.1 Å². The van der Waals surface area contributed by atoms with Crippen molar-refractivity contribution in [3.8, 4) is 11.5 Å². The van der Waals surface area contributed by atoms with Gasteiger partial charge in [-0.05, 0) is 60.2 Å². The summed E-state index contributed by atoms with van der Waals surface area (Å²) in [6.07, 6.45) is 1.53. The predicted molar refractivity (Wildman–Crippen MR) is 120 cm³/mol. The minimum absolute atomic E-state index is 0.171. The van der Waals surface area contributed by atoms with Crippen molar-refractivity contribution in [2.24, 2.45) is 0 Å². The third kappa shape index (κ3) is 5.35. The number of benzene rings is 2. The lowest BCUT2D eigenvalue weighted by atomic mass is 10.1. The largest absolute Gasteiger partial charge is 0.493 e. The Morgan fingerprint density at radius 2 is 1.79 bits per heavy atom. The monoisotopic (exact) mass is 471 g/mol. The van der Waals surface area contributed by atoms with Crippen LogP contribution in [0.25, 0.3) is 6.08 Å². The van der Waals surface area contributed by atoms with Crippen molar-refractivity contribution in [2.45, 2.75) is 19.6 Å². The van der Waals surface area contributed by atoms with Crippen LogP contribution in [0.4, 0.5) is 4.79 Å². The van der Waals surface area contributed by atoms with Crippen molar-refractivity contribution in [1.82, 2.24) is 4.90 Å². The lowest BCUT2D eigenvalue weighted by Crippen LogP contribution is -2.42. The molecule has 10 heteroatoms. The fraction of sp³-hybridized carbons (Fsp3) is 0.217. The van der Waals surface area contributed by atoms with Gasteiger partial charge >= 0.3 is 11.9 Å². The minimum Gasteiger partial charge on any atom is -0.493 e. The van der Waals surface area contributed by atoms with E-state index in [1.54, 1.807) is 30.3 Å². The van der Waals surface area contributed by atoms with Crippen LogP contribution in [0, 0.1) is 0 Å². The summed E-state index contributed by atoms with van der Waals surface area (Å²) in [5, 5.41) is 8.42. The van der Waals surface area contributed by atoms with E-state index in [2.05, 4.69) is 4.74 Å². The first-order valence-corrected chi connectivity index (χ1v) is 10.5. The van der Waals surface area contributed by atoms with E-state index >= 15 is 0 Å². The zero-order valence-corrected chi connectivity index (χ0v) is 18.9. The van der Waals surface area contributed by atoms with Gasteiger partial charge in [-0.25, -0.2) is 9.59 Å². The molecule has 2 amide bonds. The van der Waals surface area contributed by atoms with Gasteiger partial charge in [-0.1, -0.05) is 18.2 Å². The number of esters is 1. The molecule has 1 atom stereocenters.